The Morgan fingerprint density at radius 1 is 1.11 bits per heavy atom. The molecule has 0 bridgehead atoms. The minimum absolute atomic E-state index is 0.179. The van der Waals surface area contributed by atoms with E-state index in [1.807, 2.05) is 13.8 Å². The van der Waals surface area contributed by atoms with E-state index in [1.165, 1.54) is 6.07 Å². The van der Waals surface area contributed by atoms with E-state index in [0.717, 1.165) is 13.1 Å². The number of rotatable bonds is 10. The molecule has 0 saturated carbocycles. The van der Waals surface area contributed by atoms with E-state index in [-0.39, 0.29) is 28.8 Å². The van der Waals surface area contributed by atoms with E-state index < -0.39 is 6.04 Å². The molecule has 7 heteroatoms. The minimum Gasteiger partial charge on any atom is -0.353 e. The Hall–Kier alpha value is -1.30. The van der Waals surface area contributed by atoms with Crippen molar-refractivity contribution in [3.05, 3.63) is 33.8 Å². The topological polar surface area (TPSA) is 61.4 Å². The van der Waals surface area contributed by atoms with Crippen molar-refractivity contribution < 1.29 is 9.59 Å². The smallest absolute Gasteiger partial charge is 0.253 e. The van der Waals surface area contributed by atoms with Crippen LogP contribution in [0, 0.1) is 5.92 Å². The summed E-state index contributed by atoms with van der Waals surface area (Å²) < 4.78 is 0. The number of halogens is 2. The fraction of sp³-hybridized carbons (Fsp3) is 0.600. The second kappa shape index (κ2) is 11.5. The number of carbonyl (C=O) groups excluding carboxylic acids is 2. The van der Waals surface area contributed by atoms with E-state index in [0.29, 0.717) is 23.6 Å². The van der Waals surface area contributed by atoms with Gasteiger partial charge >= 0.3 is 0 Å². The van der Waals surface area contributed by atoms with Crippen molar-refractivity contribution in [1.29, 1.82) is 0 Å². The Morgan fingerprint density at radius 3 is 2.26 bits per heavy atom. The first kappa shape index (κ1) is 23.7. The lowest BCUT2D eigenvalue weighted by molar-refractivity contribution is -0.123. The summed E-state index contributed by atoms with van der Waals surface area (Å²) in [5.74, 6) is -0.308. The van der Waals surface area contributed by atoms with Gasteiger partial charge < -0.3 is 10.6 Å². The highest BCUT2D eigenvalue weighted by atomic mass is 35.5. The fourth-order valence-electron chi connectivity index (χ4n) is 2.96. The zero-order valence-corrected chi connectivity index (χ0v) is 18.3. The van der Waals surface area contributed by atoms with Gasteiger partial charge in [-0.25, -0.2) is 0 Å². The third-order valence-corrected chi connectivity index (χ3v) is 5.06. The highest BCUT2D eigenvalue weighted by Gasteiger charge is 2.24. The average Bonchev–Trinajstić information content (AvgIpc) is 2.59. The van der Waals surface area contributed by atoms with Gasteiger partial charge in [-0.3, -0.25) is 14.5 Å². The van der Waals surface area contributed by atoms with Crippen LogP contribution in [0.1, 0.15) is 51.4 Å². The summed E-state index contributed by atoms with van der Waals surface area (Å²) in [7, 11) is 0. The number of nitrogens with one attached hydrogen (secondary N) is 2. The summed E-state index contributed by atoms with van der Waals surface area (Å²) in [6.45, 7) is 12.7. The van der Waals surface area contributed by atoms with Gasteiger partial charge in [-0.05, 0) is 50.6 Å². The van der Waals surface area contributed by atoms with E-state index in [2.05, 4.69) is 36.3 Å². The van der Waals surface area contributed by atoms with Gasteiger partial charge in [0.05, 0.1) is 10.6 Å². The number of amides is 2. The maximum Gasteiger partial charge on any atom is 0.253 e. The van der Waals surface area contributed by atoms with Crippen LogP contribution in [0.15, 0.2) is 18.2 Å². The fourth-order valence-corrected chi connectivity index (χ4v) is 3.45. The van der Waals surface area contributed by atoms with E-state index in [1.54, 1.807) is 12.1 Å². The van der Waals surface area contributed by atoms with Crippen LogP contribution >= 0.6 is 23.2 Å². The molecule has 0 spiro atoms. The number of hydrogen-bond donors (Lipinski definition) is 2. The number of benzene rings is 1. The van der Waals surface area contributed by atoms with Gasteiger partial charge in [0, 0.05) is 17.6 Å². The molecule has 0 aliphatic rings. The van der Waals surface area contributed by atoms with Gasteiger partial charge in [-0.1, -0.05) is 50.9 Å². The minimum atomic E-state index is -0.617. The Kier molecular flexibility index (Phi) is 10.1. The van der Waals surface area contributed by atoms with Crippen LogP contribution in [0.5, 0.6) is 0 Å². The number of carbonyl (C=O) groups is 2. The second-order valence-electron chi connectivity index (χ2n) is 7.10. The molecule has 1 rings (SSSR count). The van der Waals surface area contributed by atoms with Crippen LogP contribution in [-0.2, 0) is 4.79 Å². The molecule has 27 heavy (non-hydrogen) atoms. The van der Waals surface area contributed by atoms with Crippen LogP contribution in [0.25, 0.3) is 0 Å². The van der Waals surface area contributed by atoms with Crippen LogP contribution < -0.4 is 10.6 Å². The third kappa shape index (κ3) is 7.68. The zero-order chi connectivity index (χ0) is 20.6. The van der Waals surface area contributed by atoms with E-state index in [9.17, 15) is 9.59 Å². The van der Waals surface area contributed by atoms with E-state index in [4.69, 9.17) is 23.2 Å². The van der Waals surface area contributed by atoms with Gasteiger partial charge in [0.25, 0.3) is 5.91 Å². The molecule has 1 aromatic carbocycles. The van der Waals surface area contributed by atoms with Gasteiger partial charge in [0.2, 0.25) is 5.91 Å². The van der Waals surface area contributed by atoms with Gasteiger partial charge in [0.1, 0.15) is 6.04 Å². The third-order valence-electron chi connectivity index (χ3n) is 4.51. The summed E-state index contributed by atoms with van der Waals surface area (Å²) in [4.78, 5) is 27.5. The molecule has 2 amide bonds. The number of nitrogens with zero attached hydrogens (tertiary/aromatic N) is 1. The van der Waals surface area contributed by atoms with Crippen molar-refractivity contribution in [2.75, 3.05) is 19.6 Å². The zero-order valence-electron chi connectivity index (χ0n) is 16.8. The molecule has 1 aromatic rings. The predicted molar refractivity (Wildman–Crippen MR) is 113 cm³/mol. The Morgan fingerprint density at radius 2 is 1.74 bits per heavy atom. The maximum absolute atomic E-state index is 12.7. The molecular formula is C20H31Cl2N3O2. The molecule has 0 saturated heterocycles. The summed E-state index contributed by atoms with van der Waals surface area (Å²) in [6.07, 6.45) is 0.544. The first-order valence-corrected chi connectivity index (χ1v) is 10.2. The molecule has 2 atom stereocenters. The maximum atomic E-state index is 12.7. The Labute approximate surface area is 172 Å². The molecular weight excluding hydrogens is 385 g/mol. The Bertz CT molecular complexity index is 634. The summed E-state index contributed by atoms with van der Waals surface area (Å²) >= 11 is 12.0. The lowest BCUT2D eigenvalue weighted by atomic mass is 10.0. The molecule has 0 aromatic heterocycles. The summed E-state index contributed by atoms with van der Waals surface area (Å²) in [5.41, 5.74) is 0.305. The molecule has 152 valence electrons. The van der Waals surface area contributed by atoms with Crippen molar-refractivity contribution in [2.24, 2.45) is 5.92 Å². The van der Waals surface area contributed by atoms with Crippen molar-refractivity contribution in [1.82, 2.24) is 15.5 Å². The summed E-state index contributed by atoms with van der Waals surface area (Å²) in [5, 5.41) is 6.50. The van der Waals surface area contributed by atoms with Crippen molar-refractivity contribution >= 4 is 35.0 Å². The second-order valence-corrected chi connectivity index (χ2v) is 7.94. The average molecular weight is 416 g/mol. The Balaban J connectivity index is 2.79. The normalized spacial score (nSPS) is 13.5. The quantitative estimate of drug-likeness (QED) is 0.607. The van der Waals surface area contributed by atoms with Gasteiger partial charge in [0.15, 0.2) is 0 Å². The van der Waals surface area contributed by atoms with Crippen molar-refractivity contribution in [3.63, 3.8) is 0 Å². The molecule has 0 fully saturated rings. The predicted octanol–water partition coefficient (Wildman–Crippen LogP) is 3.98. The molecule has 5 nitrogen and oxygen atoms in total. The first-order chi connectivity index (χ1) is 12.7. The standard InChI is InChI=1S/C20H31Cl2N3O2/c1-6-25(7-2)14(5)12-23-20(27)18(10-13(3)4)24-19(26)16-9-8-15(21)11-17(16)22/h8-9,11,13-14,18H,6-7,10,12H2,1-5H3,(H,23,27)(H,24,26). The molecule has 0 aliphatic heterocycles. The molecule has 2 N–H and O–H groups in total. The van der Waals surface area contributed by atoms with Crippen LogP contribution in [-0.4, -0.2) is 48.4 Å². The van der Waals surface area contributed by atoms with Crippen molar-refractivity contribution in [3.8, 4) is 0 Å². The SMILES string of the molecule is CCN(CC)C(C)CNC(=O)C(CC(C)C)NC(=O)c1ccc(Cl)cc1Cl. The van der Waals surface area contributed by atoms with Crippen LogP contribution in [0.3, 0.4) is 0 Å². The first-order valence-electron chi connectivity index (χ1n) is 9.47. The summed E-state index contributed by atoms with van der Waals surface area (Å²) in [6, 6.07) is 4.29. The highest BCUT2D eigenvalue weighted by molar-refractivity contribution is 6.36. The van der Waals surface area contributed by atoms with Crippen LogP contribution in [0.2, 0.25) is 10.0 Å². The van der Waals surface area contributed by atoms with Crippen molar-refractivity contribution in [2.45, 2.75) is 53.1 Å². The lowest BCUT2D eigenvalue weighted by Crippen LogP contribution is -2.50. The molecule has 0 radical (unpaired) electrons. The monoisotopic (exact) mass is 415 g/mol. The van der Waals surface area contributed by atoms with Crippen LogP contribution in [0.4, 0.5) is 0 Å². The van der Waals surface area contributed by atoms with E-state index >= 15 is 0 Å². The molecule has 0 heterocycles. The van der Waals surface area contributed by atoms with Gasteiger partial charge in [-0.15, -0.1) is 0 Å². The molecule has 2 unspecified atom stereocenters. The highest BCUT2D eigenvalue weighted by Crippen LogP contribution is 2.21. The lowest BCUT2D eigenvalue weighted by Gasteiger charge is -2.27. The molecule has 0 aliphatic carbocycles. The number of likely N-dealkylation sites (N-methyl/N-ethyl adjacent to an activating group) is 1. The number of hydrogen-bond acceptors (Lipinski definition) is 3. The van der Waals surface area contributed by atoms with Gasteiger partial charge in [-0.2, -0.15) is 0 Å². The largest absolute Gasteiger partial charge is 0.353 e.